The van der Waals surface area contributed by atoms with E-state index in [-0.39, 0.29) is 6.23 Å². The molecule has 1 aliphatic heterocycles. The van der Waals surface area contributed by atoms with Crippen LogP contribution >= 0.6 is 0 Å². The first-order chi connectivity index (χ1) is 15.3. The third-order valence-electron chi connectivity index (χ3n) is 5.97. The highest BCUT2D eigenvalue weighted by Crippen LogP contribution is 2.40. The summed E-state index contributed by atoms with van der Waals surface area (Å²) < 4.78 is 12.7. The van der Waals surface area contributed by atoms with E-state index < -0.39 is 5.72 Å². The minimum absolute atomic E-state index is 0.386. The van der Waals surface area contributed by atoms with Crippen LogP contribution in [0.25, 0.3) is 0 Å². The lowest BCUT2D eigenvalue weighted by atomic mass is 9.94. The van der Waals surface area contributed by atoms with Crippen LogP contribution in [0.15, 0.2) is 54.6 Å². The number of hydrogen-bond donors (Lipinski definition) is 1. The van der Waals surface area contributed by atoms with E-state index >= 15 is 0 Å². The van der Waals surface area contributed by atoms with Crippen LogP contribution in [-0.2, 0) is 20.0 Å². The fourth-order valence-electron chi connectivity index (χ4n) is 4.42. The normalized spacial score (nSPS) is 21.2. The fraction of sp³-hybridized carbons (Fsp3) is 0.500. The second kappa shape index (κ2) is 12.0. The molecule has 1 N–H and O–H groups in total. The fourth-order valence-corrected chi connectivity index (χ4v) is 4.42. The number of rotatable bonds is 12. The monoisotopic (exact) mass is 423 g/mol. The van der Waals surface area contributed by atoms with E-state index in [0.29, 0.717) is 18.7 Å². The zero-order valence-electron chi connectivity index (χ0n) is 18.8. The SMILES string of the molecule is CCCCCCCCOC1(c2ccccc2)C(OC)NCCN1c1ccccc1[C]=O. The van der Waals surface area contributed by atoms with Gasteiger partial charge in [-0.2, -0.15) is 0 Å². The topological polar surface area (TPSA) is 50.8 Å². The Kier molecular flexibility index (Phi) is 9.07. The van der Waals surface area contributed by atoms with Gasteiger partial charge in [-0.15, -0.1) is 0 Å². The van der Waals surface area contributed by atoms with Crippen LogP contribution in [0.3, 0.4) is 0 Å². The molecule has 1 saturated heterocycles. The predicted octanol–water partition coefficient (Wildman–Crippen LogP) is 4.76. The van der Waals surface area contributed by atoms with Crippen molar-refractivity contribution in [1.29, 1.82) is 0 Å². The van der Waals surface area contributed by atoms with Crippen LogP contribution in [0.4, 0.5) is 5.69 Å². The van der Waals surface area contributed by atoms with Gasteiger partial charge in [0.15, 0.2) is 6.23 Å². The van der Waals surface area contributed by atoms with Crippen LogP contribution in [0.1, 0.15) is 56.6 Å². The van der Waals surface area contributed by atoms with Crippen LogP contribution in [0, 0.1) is 0 Å². The number of para-hydroxylation sites is 1. The molecule has 1 radical (unpaired) electrons. The highest BCUT2D eigenvalue weighted by molar-refractivity contribution is 5.85. The van der Waals surface area contributed by atoms with Crippen LogP contribution in [-0.4, -0.2) is 39.3 Å². The van der Waals surface area contributed by atoms with Gasteiger partial charge in [-0.05, 0) is 18.6 Å². The average molecular weight is 424 g/mol. The molecular weight excluding hydrogens is 388 g/mol. The van der Waals surface area contributed by atoms with Crippen molar-refractivity contribution in [1.82, 2.24) is 5.32 Å². The number of unbranched alkanes of at least 4 members (excludes halogenated alkanes) is 5. The lowest BCUT2D eigenvalue weighted by Gasteiger charge is -2.52. The molecule has 2 aromatic rings. The Balaban J connectivity index is 1.94. The third-order valence-corrected chi connectivity index (χ3v) is 5.97. The van der Waals surface area contributed by atoms with Crippen LogP contribution in [0.5, 0.6) is 0 Å². The number of ether oxygens (including phenoxy) is 2. The molecule has 3 rings (SSSR count). The summed E-state index contributed by atoms with van der Waals surface area (Å²) in [5.74, 6) is 0. The van der Waals surface area contributed by atoms with Gasteiger partial charge in [0.2, 0.25) is 12.0 Å². The maximum absolute atomic E-state index is 11.7. The molecule has 2 aromatic carbocycles. The molecule has 2 unspecified atom stereocenters. The number of nitrogens with one attached hydrogen (secondary N) is 1. The number of anilines is 1. The van der Waals surface area contributed by atoms with E-state index in [2.05, 4.69) is 35.6 Å². The van der Waals surface area contributed by atoms with Crippen molar-refractivity contribution in [2.45, 2.75) is 57.4 Å². The smallest absolute Gasteiger partial charge is 0.235 e. The second-order valence-corrected chi connectivity index (χ2v) is 8.02. The minimum Gasteiger partial charge on any atom is -0.361 e. The Morgan fingerprint density at radius 3 is 2.48 bits per heavy atom. The van der Waals surface area contributed by atoms with Crippen molar-refractivity contribution in [2.24, 2.45) is 0 Å². The van der Waals surface area contributed by atoms with Gasteiger partial charge in [0.05, 0.1) is 12.3 Å². The highest BCUT2D eigenvalue weighted by Gasteiger charge is 2.50. The first-order valence-electron chi connectivity index (χ1n) is 11.5. The molecule has 1 aliphatic rings. The van der Waals surface area contributed by atoms with Gasteiger partial charge in [0, 0.05) is 31.3 Å². The number of nitrogens with zero attached hydrogens (tertiary/aromatic N) is 1. The first-order valence-corrected chi connectivity index (χ1v) is 11.5. The molecule has 0 bridgehead atoms. The molecule has 0 spiro atoms. The summed E-state index contributed by atoms with van der Waals surface area (Å²) in [4.78, 5) is 13.9. The molecule has 5 nitrogen and oxygen atoms in total. The number of benzene rings is 2. The Hall–Kier alpha value is -2.21. The summed E-state index contributed by atoms with van der Waals surface area (Å²) in [6.07, 6.45) is 8.90. The molecule has 0 amide bonds. The molecule has 1 fully saturated rings. The van der Waals surface area contributed by atoms with Crippen molar-refractivity contribution in [2.75, 3.05) is 31.7 Å². The van der Waals surface area contributed by atoms with Crippen molar-refractivity contribution in [3.63, 3.8) is 0 Å². The van der Waals surface area contributed by atoms with Crippen molar-refractivity contribution in [3.8, 4) is 0 Å². The number of carbonyl (C=O) groups excluding carboxylic acids is 1. The number of methoxy groups -OCH3 is 1. The Morgan fingerprint density at radius 1 is 1.03 bits per heavy atom. The highest BCUT2D eigenvalue weighted by atomic mass is 16.6. The lowest BCUT2D eigenvalue weighted by molar-refractivity contribution is -0.165. The largest absolute Gasteiger partial charge is 0.361 e. The van der Waals surface area contributed by atoms with E-state index in [9.17, 15) is 4.79 Å². The molecule has 0 aromatic heterocycles. The maximum Gasteiger partial charge on any atom is 0.235 e. The molecule has 167 valence electrons. The van der Waals surface area contributed by atoms with Crippen LogP contribution in [0.2, 0.25) is 0 Å². The molecule has 0 aliphatic carbocycles. The Morgan fingerprint density at radius 2 is 1.74 bits per heavy atom. The molecule has 5 heteroatoms. The van der Waals surface area contributed by atoms with E-state index in [1.165, 1.54) is 25.7 Å². The number of piperazine rings is 1. The number of hydrogen-bond acceptors (Lipinski definition) is 5. The van der Waals surface area contributed by atoms with Gasteiger partial charge in [-0.3, -0.25) is 10.1 Å². The standard InChI is InChI=1S/C26H35N2O3/c1-3-4-5-6-7-13-20-31-26(23-15-9-8-10-16-23)25(30-2)27-18-19-28(26)24-17-12-11-14-22(24)21-29/h8-12,14-17,25,27H,3-7,13,18-20H2,1-2H3. The van der Waals surface area contributed by atoms with Gasteiger partial charge in [-0.25, -0.2) is 0 Å². The summed E-state index contributed by atoms with van der Waals surface area (Å²) in [7, 11) is 1.70. The molecule has 2 atom stereocenters. The lowest BCUT2D eigenvalue weighted by Crippen LogP contribution is -2.67. The molecule has 31 heavy (non-hydrogen) atoms. The summed E-state index contributed by atoms with van der Waals surface area (Å²) in [5, 5.41) is 3.48. The summed E-state index contributed by atoms with van der Waals surface area (Å²) >= 11 is 0. The summed E-state index contributed by atoms with van der Waals surface area (Å²) in [5.41, 5.74) is 1.46. The molecule has 1 heterocycles. The first kappa shape index (κ1) is 23.5. The van der Waals surface area contributed by atoms with Crippen LogP contribution < -0.4 is 10.2 Å². The van der Waals surface area contributed by atoms with E-state index in [0.717, 1.165) is 30.6 Å². The third kappa shape index (κ3) is 5.35. The maximum atomic E-state index is 11.7. The Bertz CT molecular complexity index is 798. The predicted molar refractivity (Wildman–Crippen MR) is 125 cm³/mol. The summed E-state index contributed by atoms with van der Waals surface area (Å²) in [6, 6.07) is 17.7. The quantitative estimate of drug-likeness (QED) is 0.499. The second-order valence-electron chi connectivity index (χ2n) is 8.02. The van der Waals surface area contributed by atoms with Gasteiger partial charge in [-0.1, -0.05) is 81.5 Å². The van der Waals surface area contributed by atoms with Crippen molar-refractivity contribution >= 4 is 12.0 Å². The van der Waals surface area contributed by atoms with Gasteiger partial charge < -0.3 is 14.4 Å². The molecule has 0 saturated carbocycles. The van der Waals surface area contributed by atoms with Crippen molar-refractivity contribution < 1.29 is 14.3 Å². The Labute approximate surface area is 186 Å². The average Bonchev–Trinajstić information content (AvgIpc) is 2.83. The zero-order chi connectivity index (χ0) is 21.9. The van der Waals surface area contributed by atoms with E-state index in [1.54, 1.807) is 13.2 Å². The van der Waals surface area contributed by atoms with Gasteiger partial charge >= 0.3 is 0 Å². The molecular formula is C26H35N2O3. The zero-order valence-corrected chi connectivity index (χ0v) is 18.8. The van der Waals surface area contributed by atoms with Gasteiger partial charge in [0.25, 0.3) is 0 Å². The minimum atomic E-state index is -0.884. The van der Waals surface area contributed by atoms with E-state index in [1.807, 2.05) is 36.4 Å². The van der Waals surface area contributed by atoms with E-state index in [4.69, 9.17) is 9.47 Å². The van der Waals surface area contributed by atoms with Gasteiger partial charge in [0.1, 0.15) is 0 Å². The summed E-state index contributed by atoms with van der Waals surface area (Å²) in [6.45, 7) is 4.26. The van der Waals surface area contributed by atoms with Crippen molar-refractivity contribution in [3.05, 3.63) is 65.7 Å².